The highest BCUT2D eigenvalue weighted by Crippen LogP contribution is 2.16. The van der Waals surface area contributed by atoms with Crippen LogP contribution in [0.2, 0.25) is 0 Å². The predicted octanol–water partition coefficient (Wildman–Crippen LogP) is 1.28. The maximum Gasteiger partial charge on any atom is 0.263 e. The molecular weight excluding hydrogens is 275 g/mol. The van der Waals surface area contributed by atoms with Crippen LogP contribution in [0.1, 0.15) is 13.3 Å². The third-order valence-electron chi connectivity index (χ3n) is 3.51. The van der Waals surface area contributed by atoms with Crippen LogP contribution in [0, 0.1) is 5.82 Å². The summed E-state index contributed by atoms with van der Waals surface area (Å²) in [6.45, 7) is 3.99. The number of piperazine rings is 1. The van der Waals surface area contributed by atoms with Crippen molar-refractivity contribution in [3.05, 3.63) is 30.1 Å². The van der Waals surface area contributed by atoms with Gasteiger partial charge in [0.15, 0.2) is 6.10 Å². The molecule has 0 N–H and O–H groups in total. The second-order valence-electron chi connectivity index (χ2n) is 4.94. The summed E-state index contributed by atoms with van der Waals surface area (Å²) in [5.41, 5.74) is 0. The monoisotopic (exact) mass is 294 g/mol. The lowest BCUT2D eigenvalue weighted by atomic mass is 10.2. The SMILES string of the molecule is CC[C@H](Oc1ccc(F)cc1)C(=O)N1CCN(C=O)CC1. The number of rotatable bonds is 5. The molecule has 21 heavy (non-hydrogen) atoms. The van der Waals surface area contributed by atoms with Crippen molar-refractivity contribution < 1.29 is 18.7 Å². The van der Waals surface area contributed by atoms with Crippen molar-refractivity contribution in [3.63, 3.8) is 0 Å². The number of carbonyl (C=O) groups excluding carboxylic acids is 2. The van der Waals surface area contributed by atoms with Crippen LogP contribution in [0.4, 0.5) is 4.39 Å². The van der Waals surface area contributed by atoms with E-state index in [-0.39, 0.29) is 11.7 Å². The molecule has 0 radical (unpaired) electrons. The summed E-state index contributed by atoms with van der Waals surface area (Å²) >= 11 is 0. The van der Waals surface area contributed by atoms with Crippen molar-refractivity contribution in [3.8, 4) is 5.75 Å². The Kier molecular flexibility index (Phi) is 5.14. The molecule has 2 amide bonds. The van der Waals surface area contributed by atoms with Crippen LogP contribution in [0.25, 0.3) is 0 Å². The lowest BCUT2D eigenvalue weighted by Crippen LogP contribution is -2.51. The highest BCUT2D eigenvalue weighted by molar-refractivity contribution is 5.81. The Morgan fingerprint density at radius 1 is 1.29 bits per heavy atom. The quantitative estimate of drug-likeness (QED) is 0.769. The molecule has 0 spiro atoms. The molecule has 1 saturated heterocycles. The Bertz CT molecular complexity index is 484. The first-order chi connectivity index (χ1) is 10.1. The van der Waals surface area contributed by atoms with Crippen molar-refractivity contribution >= 4 is 12.3 Å². The van der Waals surface area contributed by atoms with Gasteiger partial charge in [-0.1, -0.05) is 6.92 Å². The molecule has 1 atom stereocenters. The summed E-state index contributed by atoms with van der Waals surface area (Å²) in [5.74, 6) is 0.0437. The molecule has 1 aromatic carbocycles. The summed E-state index contributed by atoms with van der Waals surface area (Å²) in [6.07, 6.45) is 0.747. The Morgan fingerprint density at radius 2 is 1.90 bits per heavy atom. The van der Waals surface area contributed by atoms with Crippen molar-refractivity contribution in [1.29, 1.82) is 0 Å². The summed E-state index contributed by atoms with van der Waals surface area (Å²) < 4.78 is 18.5. The van der Waals surface area contributed by atoms with Gasteiger partial charge in [-0.25, -0.2) is 4.39 Å². The van der Waals surface area contributed by atoms with E-state index in [1.54, 1.807) is 9.80 Å². The summed E-state index contributed by atoms with van der Waals surface area (Å²) in [5, 5.41) is 0. The van der Waals surface area contributed by atoms with E-state index in [9.17, 15) is 14.0 Å². The molecule has 0 aliphatic carbocycles. The van der Waals surface area contributed by atoms with Crippen LogP contribution in [-0.2, 0) is 9.59 Å². The van der Waals surface area contributed by atoms with Crippen LogP contribution in [0.5, 0.6) is 5.75 Å². The summed E-state index contributed by atoms with van der Waals surface area (Å²) in [4.78, 5) is 26.4. The normalized spacial score (nSPS) is 16.5. The van der Waals surface area contributed by atoms with Gasteiger partial charge in [-0.2, -0.15) is 0 Å². The lowest BCUT2D eigenvalue weighted by molar-refractivity contribution is -0.142. The largest absolute Gasteiger partial charge is 0.481 e. The van der Waals surface area contributed by atoms with E-state index in [0.717, 1.165) is 6.41 Å². The minimum atomic E-state index is -0.585. The molecule has 0 aromatic heterocycles. The van der Waals surface area contributed by atoms with E-state index in [2.05, 4.69) is 0 Å². The van der Waals surface area contributed by atoms with Crippen molar-refractivity contribution in [2.45, 2.75) is 19.4 Å². The number of ether oxygens (including phenoxy) is 1. The van der Waals surface area contributed by atoms with Gasteiger partial charge in [-0.05, 0) is 30.7 Å². The number of hydrogen-bond acceptors (Lipinski definition) is 3. The first-order valence-corrected chi connectivity index (χ1v) is 7.04. The van der Waals surface area contributed by atoms with E-state index < -0.39 is 6.10 Å². The summed E-state index contributed by atoms with van der Waals surface area (Å²) in [6, 6.07) is 5.62. The molecule has 5 nitrogen and oxygen atoms in total. The number of benzene rings is 1. The highest BCUT2D eigenvalue weighted by Gasteiger charge is 2.27. The first kappa shape index (κ1) is 15.3. The fourth-order valence-corrected chi connectivity index (χ4v) is 2.24. The van der Waals surface area contributed by atoms with E-state index >= 15 is 0 Å². The minimum Gasteiger partial charge on any atom is -0.481 e. The zero-order chi connectivity index (χ0) is 15.2. The molecule has 1 heterocycles. The van der Waals surface area contributed by atoms with Gasteiger partial charge in [0.05, 0.1) is 0 Å². The second kappa shape index (κ2) is 7.06. The Morgan fingerprint density at radius 3 is 2.43 bits per heavy atom. The van der Waals surface area contributed by atoms with Crippen LogP contribution >= 0.6 is 0 Å². The Hall–Kier alpha value is -2.11. The smallest absolute Gasteiger partial charge is 0.263 e. The van der Waals surface area contributed by atoms with Crippen molar-refractivity contribution in [1.82, 2.24) is 9.80 Å². The van der Waals surface area contributed by atoms with Crippen LogP contribution in [-0.4, -0.2) is 54.4 Å². The van der Waals surface area contributed by atoms with Gasteiger partial charge in [0.1, 0.15) is 11.6 Å². The maximum atomic E-state index is 12.9. The molecule has 1 aromatic rings. The number of hydrogen-bond donors (Lipinski definition) is 0. The third-order valence-corrected chi connectivity index (χ3v) is 3.51. The Balaban J connectivity index is 1.95. The second-order valence-corrected chi connectivity index (χ2v) is 4.94. The van der Waals surface area contributed by atoms with E-state index in [1.165, 1.54) is 24.3 Å². The summed E-state index contributed by atoms with van der Waals surface area (Å²) in [7, 11) is 0. The molecule has 0 saturated carbocycles. The fourth-order valence-electron chi connectivity index (χ4n) is 2.24. The number of halogens is 1. The highest BCUT2D eigenvalue weighted by atomic mass is 19.1. The average molecular weight is 294 g/mol. The number of carbonyl (C=O) groups is 2. The maximum absolute atomic E-state index is 12.9. The molecule has 114 valence electrons. The van der Waals surface area contributed by atoms with Crippen LogP contribution in [0.3, 0.4) is 0 Å². The molecule has 1 fully saturated rings. The molecule has 0 unspecified atom stereocenters. The molecule has 0 bridgehead atoms. The van der Waals surface area contributed by atoms with Gasteiger partial charge in [-0.3, -0.25) is 9.59 Å². The average Bonchev–Trinajstić information content (AvgIpc) is 2.54. The standard InChI is InChI=1S/C15H19FN2O3/c1-2-14(21-13-5-3-12(16)4-6-13)15(20)18-9-7-17(11-19)8-10-18/h3-6,11,14H,2,7-10H2,1H3/t14-/m0/s1. The van der Waals surface area contributed by atoms with E-state index in [0.29, 0.717) is 38.3 Å². The van der Waals surface area contributed by atoms with Gasteiger partial charge >= 0.3 is 0 Å². The number of nitrogens with zero attached hydrogens (tertiary/aromatic N) is 2. The van der Waals surface area contributed by atoms with Gasteiger partial charge in [0, 0.05) is 26.2 Å². The topological polar surface area (TPSA) is 49.9 Å². The fraction of sp³-hybridized carbons (Fsp3) is 0.467. The van der Waals surface area contributed by atoms with Gasteiger partial charge in [-0.15, -0.1) is 0 Å². The molecule has 1 aliphatic heterocycles. The Labute approximate surface area is 123 Å². The molecule has 1 aliphatic rings. The van der Waals surface area contributed by atoms with E-state index in [4.69, 9.17) is 4.74 Å². The third kappa shape index (κ3) is 3.93. The van der Waals surface area contributed by atoms with E-state index in [1.807, 2.05) is 6.92 Å². The molecule has 6 heteroatoms. The molecule has 2 rings (SSSR count). The predicted molar refractivity (Wildman–Crippen MR) is 75.3 cm³/mol. The van der Waals surface area contributed by atoms with Gasteiger partial charge in [0.2, 0.25) is 6.41 Å². The van der Waals surface area contributed by atoms with Crippen LogP contribution in [0.15, 0.2) is 24.3 Å². The zero-order valence-corrected chi connectivity index (χ0v) is 12.0. The zero-order valence-electron chi connectivity index (χ0n) is 12.0. The van der Waals surface area contributed by atoms with Crippen LogP contribution < -0.4 is 4.74 Å². The number of amides is 2. The first-order valence-electron chi connectivity index (χ1n) is 7.04. The van der Waals surface area contributed by atoms with Crippen molar-refractivity contribution in [2.75, 3.05) is 26.2 Å². The van der Waals surface area contributed by atoms with Gasteiger partial charge in [0.25, 0.3) is 5.91 Å². The minimum absolute atomic E-state index is 0.0904. The van der Waals surface area contributed by atoms with Gasteiger partial charge < -0.3 is 14.5 Å². The van der Waals surface area contributed by atoms with Crippen molar-refractivity contribution in [2.24, 2.45) is 0 Å². The lowest BCUT2D eigenvalue weighted by Gasteiger charge is -2.34. The molecular formula is C15H19FN2O3.